The minimum Gasteiger partial charge on any atom is -0.399 e. The number of aromatic nitrogens is 1. The van der Waals surface area contributed by atoms with Crippen molar-refractivity contribution in [1.82, 2.24) is 9.88 Å². The van der Waals surface area contributed by atoms with Gasteiger partial charge in [0.1, 0.15) is 5.82 Å². The molecule has 0 saturated carbocycles. The van der Waals surface area contributed by atoms with Gasteiger partial charge < -0.3 is 19.7 Å². The molecule has 2 aliphatic rings. The zero-order valence-electron chi connectivity index (χ0n) is 18.6. The quantitative estimate of drug-likeness (QED) is 0.641. The van der Waals surface area contributed by atoms with Crippen LogP contribution in [-0.2, 0) is 9.31 Å². The smallest absolute Gasteiger partial charge is 0.399 e. The maximum Gasteiger partial charge on any atom is 0.495 e. The summed E-state index contributed by atoms with van der Waals surface area (Å²) in [6.45, 7) is 18.6. The molecule has 0 amide bonds. The van der Waals surface area contributed by atoms with Gasteiger partial charge in [-0.05, 0) is 62.9 Å². The molecule has 6 nitrogen and oxygen atoms in total. The molecule has 0 radical (unpaired) electrons. The van der Waals surface area contributed by atoms with E-state index >= 15 is 0 Å². The van der Waals surface area contributed by atoms with Gasteiger partial charge in [-0.25, -0.2) is 4.98 Å². The van der Waals surface area contributed by atoms with E-state index in [2.05, 4.69) is 28.4 Å². The topological polar surface area (TPSA) is 66.9 Å². The first kappa shape index (κ1) is 22.8. The predicted octanol–water partition coefficient (Wildman–Crippen LogP) is 2.53. The monoisotopic (exact) mass is 411 g/mol. The molecule has 2 N–H and O–H groups in total. The standard InChI is InChI=1S/C23H34BN3O3/c1-7-17-10-12-27(15-18(17)8-2)16-20(28)14-26-21-13-19(9-11-25-21)24-29-22(3,4)23(5,6)30-24/h7-9,11,13,20,28H,1-2,10,12,14-16H2,3-6H3,(H,25,26). The Morgan fingerprint density at radius 1 is 1.23 bits per heavy atom. The predicted molar refractivity (Wildman–Crippen MR) is 123 cm³/mol. The van der Waals surface area contributed by atoms with Gasteiger partial charge in [0.05, 0.1) is 17.3 Å². The molecule has 0 spiro atoms. The second-order valence-electron chi connectivity index (χ2n) is 9.04. The number of aliphatic hydroxyl groups excluding tert-OH is 1. The van der Waals surface area contributed by atoms with Gasteiger partial charge in [0.15, 0.2) is 0 Å². The highest BCUT2D eigenvalue weighted by Crippen LogP contribution is 2.36. The molecular formula is C23H34BN3O3. The van der Waals surface area contributed by atoms with Crippen LogP contribution in [0.4, 0.5) is 5.82 Å². The van der Waals surface area contributed by atoms with Crippen molar-refractivity contribution in [2.24, 2.45) is 0 Å². The summed E-state index contributed by atoms with van der Waals surface area (Å²) in [5.41, 5.74) is 2.58. The highest BCUT2D eigenvalue weighted by Gasteiger charge is 2.51. The second-order valence-corrected chi connectivity index (χ2v) is 9.04. The molecule has 162 valence electrons. The fourth-order valence-electron chi connectivity index (χ4n) is 3.70. The van der Waals surface area contributed by atoms with Crippen LogP contribution in [0.3, 0.4) is 0 Å². The van der Waals surface area contributed by atoms with Crippen molar-refractivity contribution < 1.29 is 14.4 Å². The molecule has 0 aromatic carbocycles. The van der Waals surface area contributed by atoms with Crippen LogP contribution in [0, 0.1) is 0 Å². The number of pyridine rings is 1. The summed E-state index contributed by atoms with van der Waals surface area (Å²) >= 11 is 0. The summed E-state index contributed by atoms with van der Waals surface area (Å²) in [7, 11) is -0.431. The molecule has 1 atom stereocenters. The number of β-amino-alcohol motifs (C(OH)–C–C–N with tert-alkyl or cyclic N) is 1. The zero-order chi connectivity index (χ0) is 21.9. The van der Waals surface area contributed by atoms with Crippen LogP contribution in [0.15, 0.2) is 54.8 Å². The molecule has 1 aromatic rings. The number of rotatable bonds is 8. The SMILES string of the molecule is C=CC1=C(C=C)CN(CC(O)CNc2cc(B3OC(C)(C)C(C)(C)O3)ccn2)CC1. The van der Waals surface area contributed by atoms with Gasteiger partial charge in [-0.3, -0.25) is 4.90 Å². The Kier molecular flexibility index (Phi) is 6.87. The largest absolute Gasteiger partial charge is 0.495 e. The maximum absolute atomic E-state index is 10.5. The van der Waals surface area contributed by atoms with Crippen LogP contribution < -0.4 is 10.8 Å². The number of hydrogen-bond donors (Lipinski definition) is 2. The van der Waals surface area contributed by atoms with E-state index in [9.17, 15) is 5.11 Å². The number of nitrogens with one attached hydrogen (secondary N) is 1. The lowest BCUT2D eigenvalue weighted by atomic mass is 9.80. The first-order valence-electron chi connectivity index (χ1n) is 10.6. The van der Waals surface area contributed by atoms with Gasteiger partial charge >= 0.3 is 7.12 Å². The minimum atomic E-state index is -0.511. The lowest BCUT2D eigenvalue weighted by Crippen LogP contribution is -2.41. The highest BCUT2D eigenvalue weighted by molar-refractivity contribution is 6.62. The second kappa shape index (κ2) is 9.06. The summed E-state index contributed by atoms with van der Waals surface area (Å²) in [5, 5.41) is 13.8. The Bertz CT molecular complexity index is 806. The van der Waals surface area contributed by atoms with Crippen LogP contribution in [0.25, 0.3) is 0 Å². The fraction of sp³-hybridized carbons (Fsp3) is 0.522. The van der Waals surface area contributed by atoms with Gasteiger partial charge in [-0.15, -0.1) is 0 Å². The van der Waals surface area contributed by atoms with E-state index in [0.29, 0.717) is 18.9 Å². The van der Waals surface area contributed by atoms with Gasteiger partial charge in [0, 0.05) is 32.4 Å². The van der Waals surface area contributed by atoms with Crippen LogP contribution >= 0.6 is 0 Å². The Morgan fingerprint density at radius 3 is 2.53 bits per heavy atom. The van der Waals surface area contributed by atoms with Crippen LogP contribution in [0.1, 0.15) is 34.1 Å². The van der Waals surface area contributed by atoms with Gasteiger partial charge in [0.25, 0.3) is 0 Å². The highest BCUT2D eigenvalue weighted by atomic mass is 16.7. The van der Waals surface area contributed by atoms with E-state index in [0.717, 1.165) is 25.0 Å². The Labute approximate surface area is 180 Å². The summed E-state index contributed by atoms with van der Waals surface area (Å²) in [4.78, 5) is 6.61. The Morgan fingerprint density at radius 2 is 1.90 bits per heavy atom. The van der Waals surface area contributed by atoms with Crippen molar-refractivity contribution >= 4 is 18.4 Å². The zero-order valence-corrected chi connectivity index (χ0v) is 18.6. The van der Waals surface area contributed by atoms with Crippen molar-refractivity contribution in [2.75, 3.05) is 31.5 Å². The number of allylic oxidation sites excluding steroid dienone is 1. The molecule has 1 aromatic heterocycles. The lowest BCUT2D eigenvalue weighted by Gasteiger charge is -2.32. The third kappa shape index (κ3) is 5.03. The van der Waals surface area contributed by atoms with Crippen molar-refractivity contribution in [3.05, 3.63) is 54.8 Å². The summed E-state index contributed by atoms with van der Waals surface area (Å²) in [6.07, 6.45) is 5.95. The molecule has 2 aliphatic heterocycles. The van der Waals surface area contributed by atoms with Gasteiger partial charge in [0.2, 0.25) is 0 Å². The summed E-state index contributed by atoms with van der Waals surface area (Å²) < 4.78 is 12.2. The van der Waals surface area contributed by atoms with Gasteiger partial charge in [-0.1, -0.05) is 25.3 Å². The fourth-order valence-corrected chi connectivity index (χ4v) is 3.70. The van der Waals surface area contributed by atoms with E-state index < -0.39 is 13.2 Å². The average molecular weight is 411 g/mol. The Hall–Kier alpha value is -1.93. The molecule has 0 aliphatic carbocycles. The van der Waals surface area contributed by atoms with E-state index in [4.69, 9.17) is 9.31 Å². The Balaban J connectivity index is 1.54. The summed E-state index contributed by atoms with van der Waals surface area (Å²) in [6, 6.07) is 3.82. The van der Waals surface area contributed by atoms with Gasteiger partial charge in [-0.2, -0.15) is 0 Å². The summed E-state index contributed by atoms with van der Waals surface area (Å²) in [5.74, 6) is 0.695. The maximum atomic E-state index is 10.5. The normalized spacial score (nSPS) is 22.1. The molecule has 1 unspecified atom stereocenters. The molecule has 7 heteroatoms. The van der Waals surface area contributed by atoms with Crippen LogP contribution in [0.5, 0.6) is 0 Å². The average Bonchev–Trinajstić information content (AvgIpc) is 2.93. The number of nitrogens with zero attached hydrogens (tertiary/aromatic N) is 2. The van der Waals surface area contributed by atoms with Crippen molar-refractivity contribution in [3.8, 4) is 0 Å². The molecule has 30 heavy (non-hydrogen) atoms. The van der Waals surface area contributed by atoms with Crippen molar-refractivity contribution in [2.45, 2.75) is 51.4 Å². The number of anilines is 1. The first-order chi connectivity index (χ1) is 14.1. The third-order valence-electron chi connectivity index (χ3n) is 6.29. The van der Waals surface area contributed by atoms with E-state index in [1.807, 2.05) is 52.0 Å². The molecule has 3 heterocycles. The first-order valence-corrected chi connectivity index (χ1v) is 10.6. The molecule has 1 fully saturated rings. The molecule has 1 saturated heterocycles. The third-order valence-corrected chi connectivity index (χ3v) is 6.29. The van der Waals surface area contributed by atoms with E-state index in [1.165, 1.54) is 11.1 Å². The van der Waals surface area contributed by atoms with E-state index in [-0.39, 0.29) is 11.2 Å². The number of aliphatic hydroxyl groups is 1. The molecular weight excluding hydrogens is 377 g/mol. The van der Waals surface area contributed by atoms with E-state index in [1.54, 1.807) is 6.20 Å². The van der Waals surface area contributed by atoms with Crippen molar-refractivity contribution in [1.29, 1.82) is 0 Å². The number of hydrogen-bond acceptors (Lipinski definition) is 6. The minimum absolute atomic E-state index is 0.386. The van der Waals surface area contributed by atoms with Crippen LogP contribution in [-0.4, -0.2) is 65.6 Å². The van der Waals surface area contributed by atoms with Crippen molar-refractivity contribution in [3.63, 3.8) is 0 Å². The lowest BCUT2D eigenvalue weighted by molar-refractivity contribution is 0.00578. The molecule has 3 rings (SSSR count). The molecule has 0 bridgehead atoms. The van der Waals surface area contributed by atoms with Crippen LogP contribution in [0.2, 0.25) is 0 Å².